The summed E-state index contributed by atoms with van der Waals surface area (Å²) >= 11 is 1.29. The number of amides is 1. The Labute approximate surface area is 196 Å². The molecule has 33 heavy (non-hydrogen) atoms. The molecule has 2 aromatic heterocycles. The van der Waals surface area contributed by atoms with Gasteiger partial charge in [-0.25, -0.2) is 0 Å². The van der Waals surface area contributed by atoms with E-state index in [9.17, 15) is 4.79 Å². The van der Waals surface area contributed by atoms with Crippen molar-refractivity contribution in [2.24, 2.45) is 0 Å². The molecule has 11 heteroatoms. The predicted molar refractivity (Wildman–Crippen MR) is 127 cm³/mol. The average Bonchev–Trinajstić information content (AvgIpc) is 3.47. The van der Waals surface area contributed by atoms with Gasteiger partial charge in [-0.2, -0.15) is 5.10 Å². The third-order valence-corrected chi connectivity index (χ3v) is 6.02. The van der Waals surface area contributed by atoms with Gasteiger partial charge in [0.15, 0.2) is 11.9 Å². The number of nitrogens with one attached hydrogen (secondary N) is 2. The maximum absolute atomic E-state index is 12.9. The Balaban J connectivity index is 1.35. The van der Waals surface area contributed by atoms with Crippen LogP contribution in [0.5, 0.6) is 5.75 Å². The molecule has 1 aliphatic rings. The van der Waals surface area contributed by atoms with Crippen molar-refractivity contribution in [3.05, 3.63) is 47.7 Å². The number of aromatic nitrogens is 4. The van der Waals surface area contributed by atoms with E-state index in [0.717, 1.165) is 31.0 Å². The van der Waals surface area contributed by atoms with Crippen LogP contribution in [0.4, 0.5) is 16.1 Å². The monoisotopic (exact) mass is 469 g/mol. The zero-order valence-corrected chi connectivity index (χ0v) is 19.6. The molecule has 0 radical (unpaired) electrons. The molecular formula is C22H27N7O3S. The van der Waals surface area contributed by atoms with E-state index < -0.39 is 6.10 Å². The van der Waals surface area contributed by atoms with Gasteiger partial charge in [0.1, 0.15) is 5.75 Å². The first-order valence-corrected chi connectivity index (χ1v) is 11.6. The highest BCUT2D eigenvalue weighted by Gasteiger charge is 2.26. The molecule has 1 unspecified atom stereocenters. The number of ether oxygens (including phenoxy) is 2. The van der Waals surface area contributed by atoms with Gasteiger partial charge in [-0.3, -0.25) is 10.1 Å². The third kappa shape index (κ3) is 5.74. The van der Waals surface area contributed by atoms with Gasteiger partial charge in [-0.15, -0.1) is 15.3 Å². The normalized spacial score (nSPS) is 16.5. The van der Waals surface area contributed by atoms with Crippen LogP contribution in [-0.2, 0) is 9.53 Å². The molecule has 0 bridgehead atoms. The lowest BCUT2D eigenvalue weighted by Crippen LogP contribution is -2.26. The fourth-order valence-corrected chi connectivity index (χ4v) is 4.34. The number of benzene rings is 1. The van der Waals surface area contributed by atoms with Crippen LogP contribution in [0, 0.1) is 6.92 Å². The summed E-state index contributed by atoms with van der Waals surface area (Å²) in [6.07, 6.45) is 0.170. The second-order valence-electron chi connectivity index (χ2n) is 7.62. The largest absolute Gasteiger partial charge is 0.497 e. The van der Waals surface area contributed by atoms with E-state index in [1.165, 1.54) is 11.3 Å². The fourth-order valence-electron chi connectivity index (χ4n) is 3.62. The Hall–Kier alpha value is -3.31. The van der Waals surface area contributed by atoms with Crippen molar-refractivity contribution in [2.45, 2.75) is 32.4 Å². The number of carbonyl (C=O) groups is 1. The second kappa shape index (κ2) is 10.5. The highest BCUT2D eigenvalue weighted by molar-refractivity contribution is 7.19. The van der Waals surface area contributed by atoms with Gasteiger partial charge in [-0.1, -0.05) is 23.5 Å². The molecular weight excluding hydrogens is 442 g/mol. The lowest BCUT2D eigenvalue weighted by atomic mass is 10.1. The molecule has 1 aliphatic heterocycles. The van der Waals surface area contributed by atoms with Crippen molar-refractivity contribution in [1.82, 2.24) is 20.4 Å². The Morgan fingerprint density at radius 1 is 1.21 bits per heavy atom. The maximum atomic E-state index is 12.9. The van der Waals surface area contributed by atoms with Crippen LogP contribution in [0.2, 0.25) is 0 Å². The highest BCUT2D eigenvalue weighted by atomic mass is 32.1. The number of aryl methyl sites for hydroxylation is 1. The maximum Gasteiger partial charge on any atom is 0.259 e. The van der Waals surface area contributed by atoms with Crippen LogP contribution in [-0.4, -0.2) is 59.1 Å². The quantitative estimate of drug-likeness (QED) is 0.488. The molecule has 1 amide bonds. The molecule has 0 aliphatic carbocycles. The molecule has 0 spiro atoms. The summed E-state index contributed by atoms with van der Waals surface area (Å²) in [5.41, 5.74) is 1.61. The van der Waals surface area contributed by atoms with E-state index >= 15 is 0 Å². The first-order chi connectivity index (χ1) is 16.1. The molecule has 10 nitrogen and oxygen atoms in total. The van der Waals surface area contributed by atoms with Crippen LogP contribution in [0.25, 0.3) is 0 Å². The third-order valence-electron chi connectivity index (χ3n) is 5.25. The topological polar surface area (TPSA) is 114 Å². The van der Waals surface area contributed by atoms with E-state index in [1.807, 2.05) is 44.2 Å². The SMILES string of the molecule is CCOC(C(=O)Nc1nnc(N[C@@H]2CCN(c3ccc(C)nn3)C2)s1)c1cccc(OC)c1. The Kier molecular flexibility index (Phi) is 7.30. The molecule has 2 N–H and O–H groups in total. The zero-order chi connectivity index (χ0) is 23.2. The standard InChI is InChI=1S/C22H27N7O3S/c1-4-32-19(15-6-5-7-17(12-15)31-3)20(30)24-22-28-27-21(33-22)23-16-10-11-29(13-16)18-9-8-14(2)25-26-18/h5-9,12,16,19H,4,10-11,13H2,1-3H3,(H,23,27)(H,24,28,30)/t16-,19?/m1/s1. The van der Waals surface area contributed by atoms with Crippen molar-refractivity contribution in [3.63, 3.8) is 0 Å². The number of hydrogen-bond donors (Lipinski definition) is 2. The molecule has 0 saturated carbocycles. The van der Waals surface area contributed by atoms with Crippen molar-refractivity contribution in [2.75, 3.05) is 42.3 Å². The summed E-state index contributed by atoms with van der Waals surface area (Å²) in [6.45, 7) is 5.84. The lowest BCUT2D eigenvalue weighted by molar-refractivity contribution is -0.127. The van der Waals surface area contributed by atoms with Crippen LogP contribution < -0.4 is 20.3 Å². The van der Waals surface area contributed by atoms with Gasteiger partial charge >= 0.3 is 0 Å². The number of nitrogens with zero attached hydrogens (tertiary/aromatic N) is 5. The van der Waals surface area contributed by atoms with E-state index in [2.05, 4.69) is 35.9 Å². The number of rotatable bonds is 9. The predicted octanol–water partition coefficient (Wildman–Crippen LogP) is 3.05. The van der Waals surface area contributed by atoms with Gasteiger partial charge < -0.3 is 19.7 Å². The molecule has 2 atom stereocenters. The van der Waals surface area contributed by atoms with Crippen LogP contribution in [0.15, 0.2) is 36.4 Å². The van der Waals surface area contributed by atoms with Crippen molar-refractivity contribution >= 4 is 33.3 Å². The number of carbonyl (C=O) groups excluding carboxylic acids is 1. The fraction of sp³-hybridized carbons (Fsp3) is 0.409. The first-order valence-electron chi connectivity index (χ1n) is 10.8. The van der Waals surface area contributed by atoms with Gasteiger partial charge in [0.05, 0.1) is 12.8 Å². The molecule has 1 saturated heterocycles. The van der Waals surface area contributed by atoms with E-state index in [4.69, 9.17) is 9.47 Å². The van der Waals surface area contributed by atoms with Crippen LogP contribution in [0.3, 0.4) is 0 Å². The summed E-state index contributed by atoms with van der Waals surface area (Å²) in [5.74, 6) is 1.22. The van der Waals surface area contributed by atoms with Gasteiger partial charge in [-0.05, 0) is 50.1 Å². The minimum Gasteiger partial charge on any atom is -0.497 e. The van der Waals surface area contributed by atoms with Gasteiger partial charge in [0.2, 0.25) is 10.3 Å². The van der Waals surface area contributed by atoms with Crippen molar-refractivity contribution < 1.29 is 14.3 Å². The number of anilines is 3. The lowest BCUT2D eigenvalue weighted by Gasteiger charge is -2.17. The minimum atomic E-state index is -0.774. The Bertz CT molecular complexity index is 1080. The highest BCUT2D eigenvalue weighted by Crippen LogP contribution is 2.27. The number of methoxy groups -OCH3 is 1. The van der Waals surface area contributed by atoms with Crippen molar-refractivity contribution in [1.29, 1.82) is 0 Å². The number of hydrogen-bond acceptors (Lipinski definition) is 10. The summed E-state index contributed by atoms with van der Waals surface area (Å²) < 4.78 is 11.0. The molecule has 3 aromatic rings. The summed E-state index contributed by atoms with van der Waals surface area (Å²) in [7, 11) is 1.59. The van der Waals surface area contributed by atoms with E-state index in [1.54, 1.807) is 13.2 Å². The first kappa shape index (κ1) is 22.9. The molecule has 1 aromatic carbocycles. The summed E-state index contributed by atoms with van der Waals surface area (Å²) in [6, 6.07) is 11.4. The Morgan fingerprint density at radius 3 is 2.82 bits per heavy atom. The van der Waals surface area contributed by atoms with E-state index in [-0.39, 0.29) is 11.9 Å². The molecule has 1 fully saturated rings. The van der Waals surface area contributed by atoms with E-state index in [0.29, 0.717) is 28.2 Å². The van der Waals surface area contributed by atoms with Crippen LogP contribution >= 0.6 is 11.3 Å². The minimum absolute atomic E-state index is 0.206. The van der Waals surface area contributed by atoms with Crippen LogP contribution in [0.1, 0.15) is 30.7 Å². The average molecular weight is 470 g/mol. The second-order valence-corrected chi connectivity index (χ2v) is 8.60. The molecule has 4 rings (SSSR count). The molecule has 174 valence electrons. The smallest absolute Gasteiger partial charge is 0.259 e. The van der Waals surface area contributed by atoms with Gasteiger partial charge in [0, 0.05) is 25.7 Å². The Morgan fingerprint density at radius 2 is 2.06 bits per heavy atom. The van der Waals surface area contributed by atoms with Crippen molar-refractivity contribution in [3.8, 4) is 5.75 Å². The molecule has 3 heterocycles. The zero-order valence-electron chi connectivity index (χ0n) is 18.8. The summed E-state index contributed by atoms with van der Waals surface area (Å²) in [5, 5.41) is 24.0. The summed E-state index contributed by atoms with van der Waals surface area (Å²) in [4.78, 5) is 15.1. The van der Waals surface area contributed by atoms with Gasteiger partial charge in [0.25, 0.3) is 5.91 Å².